The van der Waals surface area contributed by atoms with E-state index in [4.69, 9.17) is 17.4 Å². The van der Waals surface area contributed by atoms with Crippen LogP contribution < -0.4 is 5.84 Å². The van der Waals surface area contributed by atoms with Crippen LogP contribution in [-0.2, 0) is 0 Å². The lowest BCUT2D eigenvalue weighted by atomic mass is 10.4. The van der Waals surface area contributed by atoms with Gasteiger partial charge in [0, 0.05) is 10.9 Å². The Morgan fingerprint density at radius 1 is 1.89 bits per heavy atom. The van der Waals surface area contributed by atoms with E-state index in [0.29, 0.717) is 11.6 Å². The van der Waals surface area contributed by atoms with Gasteiger partial charge in [0.2, 0.25) is 0 Å². The van der Waals surface area contributed by atoms with Crippen LogP contribution in [0.5, 0.6) is 0 Å². The van der Waals surface area contributed by atoms with E-state index in [1.807, 2.05) is 0 Å². The summed E-state index contributed by atoms with van der Waals surface area (Å²) in [6.07, 6.45) is 2.29. The fourth-order valence-electron chi connectivity index (χ4n) is 0.518. The summed E-state index contributed by atoms with van der Waals surface area (Å²) in [4.78, 5) is 0. The molecule has 0 aromatic rings. The summed E-state index contributed by atoms with van der Waals surface area (Å²) in [6, 6.07) is 0. The Bertz CT molecular complexity index is 159. The van der Waals surface area contributed by atoms with Crippen molar-refractivity contribution in [2.45, 2.75) is 6.42 Å². The summed E-state index contributed by atoms with van der Waals surface area (Å²) in [5, 5.41) is 5.39. The fourth-order valence-corrected chi connectivity index (χ4v) is 1.39. The first kappa shape index (κ1) is 7.05. The maximum absolute atomic E-state index is 5.56. The van der Waals surface area contributed by atoms with Gasteiger partial charge in [0.15, 0.2) is 0 Å². The predicted molar refractivity (Wildman–Crippen MR) is 40.9 cm³/mol. The van der Waals surface area contributed by atoms with Gasteiger partial charge < -0.3 is 0 Å². The van der Waals surface area contributed by atoms with Gasteiger partial charge in [0.25, 0.3) is 0 Å². The molecule has 0 amide bonds. The van der Waals surface area contributed by atoms with Gasteiger partial charge in [-0.1, -0.05) is 27.5 Å². The molecule has 0 aromatic heterocycles. The second-order valence-electron chi connectivity index (χ2n) is 1.61. The van der Waals surface area contributed by atoms with E-state index < -0.39 is 0 Å². The van der Waals surface area contributed by atoms with Crippen molar-refractivity contribution in [3.8, 4) is 0 Å². The predicted octanol–water partition coefficient (Wildman–Crippen LogP) is 1.35. The van der Waals surface area contributed by atoms with E-state index in [1.54, 1.807) is 6.20 Å². The summed E-state index contributed by atoms with van der Waals surface area (Å²) >= 11 is 8.81. The van der Waals surface area contributed by atoms with Crippen LogP contribution in [0, 0.1) is 0 Å². The summed E-state index contributed by atoms with van der Waals surface area (Å²) < 4.78 is 0.935. The van der Waals surface area contributed by atoms with E-state index in [1.165, 1.54) is 5.12 Å². The first-order chi connectivity index (χ1) is 4.18. The summed E-state index contributed by atoms with van der Waals surface area (Å²) in [5.74, 6) is 5.27. The number of nitrogens with two attached hydrogens (primary N) is 1. The molecule has 9 heavy (non-hydrogen) atoms. The molecule has 0 spiro atoms. The molecule has 0 fully saturated rings. The van der Waals surface area contributed by atoms with Crippen LogP contribution in [0.3, 0.4) is 0 Å². The molecular weight excluding hydrogens is 205 g/mol. The van der Waals surface area contributed by atoms with E-state index in [9.17, 15) is 0 Å². The Hall–Kier alpha value is -0.0600. The first-order valence-corrected chi connectivity index (χ1v) is 3.48. The second kappa shape index (κ2) is 2.68. The lowest BCUT2D eigenvalue weighted by Gasteiger charge is -2.12. The monoisotopic (exact) mass is 209 g/mol. The Morgan fingerprint density at radius 2 is 2.56 bits per heavy atom. The van der Waals surface area contributed by atoms with Crippen LogP contribution in [0.2, 0.25) is 0 Å². The number of rotatable bonds is 0. The van der Waals surface area contributed by atoms with Gasteiger partial charge in [-0.05, 0) is 0 Å². The first-order valence-electron chi connectivity index (χ1n) is 2.31. The minimum atomic E-state index is 0.492. The fraction of sp³-hybridized carbons (Fsp3) is 0.250. The molecule has 5 heteroatoms. The van der Waals surface area contributed by atoms with Crippen LogP contribution in [0.15, 0.2) is 15.8 Å². The highest BCUT2D eigenvalue weighted by molar-refractivity contribution is 9.11. The third-order valence-corrected chi connectivity index (χ3v) is 1.51. The SMILES string of the molecule is NN1C=C(Br)CC(Cl)=N1. The zero-order chi connectivity index (χ0) is 6.85. The number of hydrogen-bond acceptors (Lipinski definition) is 3. The summed E-state index contributed by atoms with van der Waals surface area (Å²) in [5.41, 5.74) is 0. The molecule has 0 radical (unpaired) electrons. The maximum atomic E-state index is 5.56. The molecule has 0 aromatic carbocycles. The average Bonchev–Trinajstić information content (AvgIpc) is 1.59. The largest absolute Gasteiger partial charge is 0.227 e. The van der Waals surface area contributed by atoms with E-state index in [-0.39, 0.29) is 0 Å². The summed E-state index contributed by atoms with van der Waals surface area (Å²) in [6.45, 7) is 0. The number of nitrogens with zero attached hydrogens (tertiary/aromatic N) is 2. The van der Waals surface area contributed by atoms with Crippen molar-refractivity contribution >= 4 is 32.7 Å². The third kappa shape index (κ3) is 1.97. The number of hydrogen-bond donors (Lipinski definition) is 1. The molecule has 2 N–H and O–H groups in total. The normalized spacial score (nSPS) is 19.2. The van der Waals surface area contributed by atoms with Crippen molar-refractivity contribution in [3.05, 3.63) is 10.7 Å². The number of allylic oxidation sites excluding steroid dienone is 1. The molecule has 50 valence electrons. The van der Waals surface area contributed by atoms with E-state index in [0.717, 1.165) is 4.48 Å². The van der Waals surface area contributed by atoms with Gasteiger partial charge in [-0.3, -0.25) is 0 Å². The molecule has 1 aliphatic heterocycles. The number of hydrazone groups is 1. The Morgan fingerprint density at radius 3 is 3.00 bits per heavy atom. The quantitative estimate of drug-likeness (QED) is 0.613. The molecule has 1 rings (SSSR count). The van der Waals surface area contributed by atoms with Crippen LogP contribution in [0.4, 0.5) is 0 Å². The lowest BCUT2D eigenvalue weighted by molar-refractivity contribution is 0.414. The molecular formula is C4H5BrClN3. The molecule has 0 saturated heterocycles. The van der Waals surface area contributed by atoms with Crippen molar-refractivity contribution in [2.24, 2.45) is 10.9 Å². The van der Waals surface area contributed by atoms with Gasteiger partial charge in [-0.25, -0.2) is 11.0 Å². The van der Waals surface area contributed by atoms with Crippen LogP contribution >= 0.6 is 27.5 Å². The van der Waals surface area contributed by atoms with Gasteiger partial charge in [-0.2, -0.15) is 0 Å². The zero-order valence-electron chi connectivity index (χ0n) is 4.51. The average molecular weight is 210 g/mol. The summed E-state index contributed by atoms with van der Waals surface area (Å²) in [7, 11) is 0. The second-order valence-corrected chi connectivity index (χ2v) is 3.06. The molecule has 0 bridgehead atoms. The van der Waals surface area contributed by atoms with Gasteiger partial charge in [0.1, 0.15) is 5.17 Å². The minimum absolute atomic E-state index is 0.492. The Balaban J connectivity index is 2.69. The molecule has 0 aliphatic carbocycles. The van der Waals surface area contributed by atoms with Crippen molar-refractivity contribution < 1.29 is 0 Å². The minimum Gasteiger partial charge on any atom is -0.227 e. The molecule has 0 unspecified atom stereocenters. The van der Waals surface area contributed by atoms with Gasteiger partial charge in [0.05, 0.1) is 6.20 Å². The standard InChI is InChI=1S/C4H5BrClN3/c5-3-1-4(6)8-9(7)2-3/h2H,1,7H2. The van der Waals surface area contributed by atoms with Crippen LogP contribution in [0.1, 0.15) is 6.42 Å². The highest BCUT2D eigenvalue weighted by atomic mass is 79.9. The van der Waals surface area contributed by atoms with Crippen LogP contribution in [0.25, 0.3) is 0 Å². The van der Waals surface area contributed by atoms with Gasteiger partial charge in [-0.15, -0.1) is 5.10 Å². The highest BCUT2D eigenvalue weighted by Crippen LogP contribution is 2.17. The number of halogens is 2. The van der Waals surface area contributed by atoms with Crippen LogP contribution in [-0.4, -0.2) is 10.3 Å². The topological polar surface area (TPSA) is 41.6 Å². The van der Waals surface area contributed by atoms with E-state index >= 15 is 0 Å². The Labute approximate surface area is 66.2 Å². The zero-order valence-corrected chi connectivity index (χ0v) is 6.85. The molecule has 0 saturated carbocycles. The highest BCUT2D eigenvalue weighted by Gasteiger charge is 2.05. The molecule has 0 atom stereocenters. The van der Waals surface area contributed by atoms with Crippen molar-refractivity contribution in [3.63, 3.8) is 0 Å². The van der Waals surface area contributed by atoms with Crippen molar-refractivity contribution in [2.75, 3.05) is 0 Å². The molecule has 3 nitrogen and oxygen atoms in total. The van der Waals surface area contributed by atoms with E-state index in [2.05, 4.69) is 21.0 Å². The maximum Gasteiger partial charge on any atom is 0.133 e. The van der Waals surface area contributed by atoms with Crippen molar-refractivity contribution in [1.29, 1.82) is 0 Å². The molecule has 1 heterocycles. The third-order valence-electron chi connectivity index (χ3n) is 0.811. The van der Waals surface area contributed by atoms with Crippen molar-refractivity contribution in [1.82, 2.24) is 5.12 Å². The Kier molecular flexibility index (Phi) is 2.10. The number of hydrazine groups is 1. The lowest BCUT2D eigenvalue weighted by Crippen LogP contribution is -2.22. The van der Waals surface area contributed by atoms with Gasteiger partial charge >= 0.3 is 0 Å². The molecule has 1 aliphatic rings. The smallest absolute Gasteiger partial charge is 0.133 e.